The lowest BCUT2D eigenvalue weighted by molar-refractivity contribution is -0.134. The number of carbonyl (C=O) groups is 2. The quantitative estimate of drug-likeness (QED) is 0.181. The van der Waals surface area contributed by atoms with Crippen LogP contribution in [0.1, 0.15) is 44.6 Å². The molecule has 6 N–H and O–H groups in total. The number of allylic oxidation sites excluding steroid dienone is 3. The molecule has 2 atom stereocenters. The number of hydrogen-bond acceptors (Lipinski definition) is 9. The van der Waals surface area contributed by atoms with Crippen LogP contribution >= 0.6 is 0 Å². The van der Waals surface area contributed by atoms with Gasteiger partial charge in [0.05, 0.1) is 30.2 Å². The molecule has 7 rings (SSSR count). The second kappa shape index (κ2) is 17.6. The maximum atomic E-state index is 14.5. The number of nitrogens with one attached hydrogen (secondary N) is 4. The lowest BCUT2D eigenvalue weighted by Crippen LogP contribution is -2.53. The first-order valence-electron chi connectivity index (χ1n) is 20.1. The molecule has 5 heterocycles. The lowest BCUT2D eigenvalue weighted by atomic mass is 9.78. The SMILES string of the molecule is CN=CC(=CN)C1=CC2CCCN(C(=N)C3=C(NC4CCN(C(=O)CN5CCN(Cc6cccc7[nH]c(=O)[nH]c67)CC5)CC4)CCN(C(C)=O)C3)C2C=C1C(F)F. The van der Waals surface area contributed by atoms with E-state index in [1.165, 1.54) is 19.3 Å². The molecule has 1 aliphatic carbocycles. The highest BCUT2D eigenvalue weighted by Gasteiger charge is 2.39. The van der Waals surface area contributed by atoms with Gasteiger partial charge in [-0.1, -0.05) is 24.3 Å². The largest absolute Gasteiger partial charge is 0.404 e. The van der Waals surface area contributed by atoms with Crippen molar-refractivity contribution in [3.63, 3.8) is 0 Å². The topological polar surface area (TPSA) is 173 Å². The van der Waals surface area contributed by atoms with Crippen molar-refractivity contribution in [3.05, 3.63) is 80.6 Å². The second-order valence-corrected chi connectivity index (χ2v) is 15.8. The van der Waals surface area contributed by atoms with Gasteiger partial charge < -0.3 is 35.7 Å². The molecule has 3 saturated heterocycles. The van der Waals surface area contributed by atoms with Gasteiger partial charge in [0.1, 0.15) is 5.84 Å². The predicted octanol–water partition coefficient (Wildman–Crippen LogP) is 2.79. The third-order valence-electron chi connectivity index (χ3n) is 12.2. The van der Waals surface area contributed by atoms with E-state index in [1.54, 1.807) is 18.0 Å². The molecule has 306 valence electrons. The Balaban J connectivity index is 0.963. The number of amidine groups is 1. The number of aliphatic imine (C=N–C) groups is 1. The number of para-hydroxylation sites is 1. The van der Waals surface area contributed by atoms with E-state index in [4.69, 9.17) is 5.73 Å². The highest BCUT2D eigenvalue weighted by Crippen LogP contribution is 2.38. The van der Waals surface area contributed by atoms with E-state index in [0.29, 0.717) is 50.3 Å². The number of benzene rings is 1. The molecule has 5 aliphatic rings. The van der Waals surface area contributed by atoms with Crippen molar-refractivity contribution in [3.8, 4) is 0 Å². The number of nitrogens with zero attached hydrogens (tertiary/aromatic N) is 6. The zero-order chi connectivity index (χ0) is 40.2. The summed E-state index contributed by atoms with van der Waals surface area (Å²) < 4.78 is 29.1. The van der Waals surface area contributed by atoms with E-state index in [-0.39, 0.29) is 47.4 Å². The molecule has 4 aliphatic heterocycles. The fourth-order valence-electron chi connectivity index (χ4n) is 9.07. The number of H-pyrrole nitrogens is 2. The van der Waals surface area contributed by atoms with Gasteiger partial charge in [-0.2, -0.15) is 0 Å². The first kappa shape index (κ1) is 40.1. The molecule has 3 fully saturated rings. The van der Waals surface area contributed by atoms with Gasteiger partial charge in [0, 0.05) is 126 Å². The van der Waals surface area contributed by atoms with Crippen molar-refractivity contribution in [2.24, 2.45) is 16.6 Å². The average Bonchev–Trinajstić information content (AvgIpc) is 3.61. The first-order valence-corrected chi connectivity index (χ1v) is 20.1. The summed E-state index contributed by atoms with van der Waals surface area (Å²) in [4.78, 5) is 57.8. The molecule has 2 unspecified atom stereocenters. The van der Waals surface area contributed by atoms with E-state index in [9.17, 15) is 28.6 Å². The van der Waals surface area contributed by atoms with E-state index >= 15 is 0 Å². The van der Waals surface area contributed by atoms with Crippen molar-refractivity contribution in [1.29, 1.82) is 5.41 Å². The maximum Gasteiger partial charge on any atom is 0.323 e. The molecular formula is C41H55F2N11O3. The van der Waals surface area contributed by atoms with E-state index in [0.717, 1.165) is 86.3 Å². The van der Waals surface area contributed by atoms with Crippen LogP contribution in [0.5, 0.6) is 0 Å². The summed E-state index contributed by atoms with van der Waals surface area (Å²) in [6, 6.07) is 5.55. The molecule has 2 aromatic rings. The summed E-state index contributed by atoms with van der Waals surface area (Å²) in [6.07, 6.45) is 7.20. The van der Waals surface area contributed by atoms with Crippen LogP contribution in [0, 0.1) is 11.3 Å². The Hall–Kier alpha value is -5.09. The van der Waals surface area contributed by atoms with Crippen LogP contribution in [-0.2, 0) is 16.1 Å². The Bertz CT molecular complexity index is 2050. The van der Waals surface area contributed by atoms with Crippen molar-refractivity contribution < 1.29 is 18.4 Å². The Morgan fingerprint density at radius 1 is 1.02 bits per heavy atom. The summed E-state index contributed by atoms with van der Waals surface area (Å²) >= 11 is 0. The number of aromatic amines is 2. The van der Waals surface area contributed by atoms with Crippen LogP contribution in [0.25, 0.3) is 11.0 Å². The van der Waals surface area contributed by atoms with Crippen molar-refractivity contribution in [1.82, 2.24) is 39.8 Å². The van der Waals surface area contributed by atoms with Gasteiger partial charge in [-0.15, -0.1) is 0 Å². The first-order chi connectivity index (χ1) is 27.5. The van der Waals surface area contributed by atoms with Crippen molar-refractivity contribution >= 4 is 34.9 Å². The molecule has 1 aromatic carbocycles. The monoisotopic (exact) mass is 787 g/mol. The number of piperazine rings is 1. The van der Waals surface area contributed by atoms with Gasteiger partial charge in [0.15, 0.2) is 0 Å². The molecule has 57 heavy (non-hydrogen) atoms. The van der Waals surface area contributed by atoms with Gasteiger partial charge in [-0.25, -0.2) is 13.6 Å². The minimum Gasteiger partial charge on any atom is -0.404 e. The molecule has 0 radical (unpaired) electrons. The fraction of sp³-hybridized carbons (Fsp3) is 0.537. The molecular weight excluding hydrogens is 733 g/mol. The number of amides is 2. The number of nitrogens with two attached hydrogens (primary N) is 1. The van der Waals surface area contributed by atoms with Gasteiger partial charge >= 0.3 is 5.69 Å². The summed E-state index contributed by atoms with van der Waals surface area (Å²) in [5.74, 6) is 0.225. The minimum absolute atomic E-state index is 0.0696. The van der Waals surface area contributed by atoms with E-state index < -0.39 is 12.5 Å². The van der Waals surface area contributed by atoms with Crippen LogP contribution in [-0.4, -0.2) is 149 Å². The van der Waals surface area contributed by atoms with Crippen LogP contribution in [0.4, 0.5) is 8.78 Å². The third-order valence-corrected chi connectivity index (χ3v) is 12.2. The number of likely N-dealkylation sites (tertiary alicyclic amines) is 2. The highest BCUT2D eigenvalue weighted by atomic mass is 19.3. The number of imidazole rings is 1. The van der Waals surface area contributed by atoms with Crippen LogP contribution < -0.4 is 16.7 Å². The molecule has 0 saturated carbocycles. The summed E-state index contributed by atoms with van der Waals surface area (Å²) in [5.41, 5.74) is 10.7. The van der Waals surface area contributed by atoms with E-state index in [2.05, 4.69) is 30.1 Å². The number of rotatable bonds is 10. The summed E-state index contributed by atoms with van der Waals surface area (Å²) in [6.45, 7) is 8.49. The molecule has 0 bridgehead atoms. The average molecular weight is 788 g/mol. The second-order valence-electron chi connectivity index (χ2n) is 15.8. The van der Waals surface area contributed by atoms with Crippen LogP contribution in [0.3, 0.4) is 0 Å². The fourth-order valence-corrected chi connectivity index (χ4v) is 9.07. The smallest absolute Gasteiger partial charge is 0.323 e. The highest BCUT2D eigenvalue weighted by molar-refractivity contribution is 5.98. The minimum atomic E-state index is -2.73. The molecule has 16 heteroatoms. The number of piperidine rings is 2. The van der Waals surface area contributed by atoms with Crippen molar-refractivity contribution in [2.75, 3.05) is 72.5 Å². The number of hydrogen-bond donors (Lipinski definition) is 5. The van der Waals surface area contributed by atoms with Gasteiger partial charge in [-0.05, 0) is 42.9 Å². The Kier molecular flexibility index (Phi) is 12.4. The Morgan fingerprint density at radius 2 is 1.77 bits per heavy atom. The number of halogens is 2. The van der Waals surface area contributed by atoms with Gasteiger partial charge in [0.2, 0.25) is 11.8 Å². The normalized spacial score (nSPS) is 23.3. The van der Waals surface area contributed by atoms with Gasteiger partial charge in [0.25, 0.3) is 6.43 Å². The number of aromatic nitrogens is 2. The molecule has 2 amide bonds. The van der Waals surface area contributed by atoms with Crippen molar-refractivity contribution in [2.45, 2.75) is 64.1 Å². The standard InChI is InChI=1S/C41H55F2N11O3/c1-26(55)53-14-10-34(33(24-53)40(45)54-11-4-6-27-19-31(29(21-44)22-46-2)32(39(42)43)20-36(27)54)47-30-8-12-52(13-9-30)37(56)25-51-17-15-50(16-18-51)23-28-5-3-7-35-38(28)49-41(57)48-35/h3,5,7,19-22,27,30,36,39,45,47H,4,6,8-18,23-25,44H2,1-2H3,(H2,48,49,57). The number of alkyl halides is 2. The van der Waals surface area contributed by atoms with Crippen LogP contribution in [0.15, 0.2) is 74.3 Å². The van der Waals surface area contributed by atoms with Gasteiger partial charge in [-0.3, -0.25) is 29.8 Å². The molecule has 0 spiro atoms. The lowest BCUT2D eigenvalue weighted by Gasteiger charge is -2.45. The molecule has 1 aromatic heterocycles. The third kappa shape index (κ3) is 8.91. The Labute approximate surface area is 331 Å². The van der Waals surface area contributed by atoms with Crippen LogP contribution in [0.2, 0.25) is 0 Å². The summed E-state index contributed by atoms with van der Waals surface area (Å²) in [7, 11) is 1.58. The zero-order valence-corrected chi connectivity index (χ0v) is 32.9. The number of carbonyl (C=O) groups excluding carboxylic acids is 2. The maximum absolute atomic E-state index is 14.5. The van der Waals surface area contributed by atoms with E-state index in [1.807, 2.05) is 34.1 Å². The zero-order valence-electron chi connectivity index (χ0n) is 32.9. The molecule has 14 nitrogen and oxygen atoms in total. The Morgan fingerprint density at radius 3 is 2.47 bits per heavy atom. The predicted molar refractivity (Wildman–Crippen MR) is 217 cm³/mol. The summed E-state index contributed by atoms with van der Waals surface area (Å²) in [5, 5.41) is 13.3. The number of fused-ring (bicyclic) bond motifs is 2.